The van der Waals surface area contributed by atoms with Crippen LogP contribution >= 0.6 is 34.8 Å². The van der Waals surface area contributed by atoms with E-state index < -0.39 is 0 Å². The van der Waals surface area contributed by atoms with E-state index in [1.807, 2.05) is 18.2 Å². The first-order valence-electron chi connectivity index (χ1n) is 5.57. The molecule has 88 valence electrons. The number of benzene rings is 1. The molecule has 0 spiro atoms. The molecule has 2 unspecified atom stereocenters. The Morgan fingerprint density at radius 1 is 1.31 bits per heavy atom. The Morgan fingerprint density at radius 3 is 2.44 bits per heavy atom. The monoisotopic (exact) mass is 276 g/mol. The first-order valence-corrected chi connectivity index (χ1v) is 6.76. The minimum atomic E-state index is 0.251. The fraction of sp³-hybridized carbons (Fsp3) is 0.538. The molecule has 3 heteroatoms. The highest BCUT2D eigenvalue weighted by atomic mass is 35.5. The van der Waals surface area contributed by atoms with E-state index in [9.17, 15) is 0 Å². The van der Waals surface area contributed by atoms with Gasteiger partial charge in [-0.25, -0.2) is 0 Å². The maximum absolute atomic E-state index is 6.19. The van der Waals surface area contributed by atoms with Crippen molar-refractivity contribution in [3.63, 3.8) is 0 Å². The maximum Gasteiger partial charge on any atom is 0.0453 e. The molecule has 0 heterocycles. The molecule has 0 aromatic heterocycles. The van der Waals surface area contributed by atoms with Gasteiger partial charge in [0.15, 0.2) is 0 Å². The summed E-state index contributed by atoms with van der Waals surface area (Å²) in [5.41, 5.74) is 1.32. The molecule has 1 saturated carbocycles. The van der Waals surface area contributed by atoms with E-state index in [-0.39, 0.29) is 5.41 Å². The zero-order valence-electron chi connectivity index (χ0n) is 9.27. The van der Waals surface area contributed by atoms with Crippen LogP contribution in [0.4, 0.5) is 0 Å². The largest absolute Gasteiger partial charge is 0.123 e. The molecule has 1 aliphatic rings. The Bertz CT molecular complexity index is 369. The average Bonchev–Trinajstić information content (AvgIpc) is 2.53. The third-order valence-corrected chi connectivity index (χ3v) is 4.52. The highest BCUT2D eigenvalue weighted by molar-refractivity contribution is 6.36. The summed E-state index contributed by atoms with van der Waals surface area (Å²) < 4.78 is 0. The summed E-state index contributed by atoms with van der Waals surface area (Å²) in [6.45, 7) is 2.27. The molecule has 0 bridgehead atoms. The van der Waals surface area contributed by atoms with Gasteiger partial charge in [-0.15, -0.1) is 11.6 Å². The van der Waals surface area contributed by atoms with E-state index in [4.69, 9.17) is 34.8 Å². The summed E-state index contributed by atoms with van der Waals surface area (Å²) in [5.74, 6) is 0. The second-order valence-corrected chi connectivity index (χ2v) is 6.46. The molecule has 0 nitrogen and oxygen atoms in total. The van der Waals surface area contributed by atoms with Gasteiger partial charge in [-0.3, -0.25) is 0 Å². The highest BCUT2D eigenvalue weighted by Gasteiger charge is 2.35. The molecule has 0 aliphatic heterocycles. The second kappa shape index (κ2) is 4.76. The van der Waals surface area contributed by atoms with E-state index in [0.29, 0.717) is 5.38 Å². The van der Waals surface area contributed by atoms with Crippen molar-refractivity contribution < 1.29 is 0 Å². The lowest BCUT2D eigenvalue weighted by Gasteiger charge is -2.24. The van der Waals surface area contributed by atoms with Crippen LogP contribution < -0.4 is 0 Å². The smallest absolute Gasteiger partial charge is 0.0453 e. The quantitative estimate of drug-likeness (QED) is 0.641. The van der Waals surface area contributed by atoms with Crippen molar-refractivity contribution in [1.82, 2.24) is 0 Å². The zero-order valence-corrected chi connectivity index (χ0v) is 11.5. The van der Waals surface area contributed by atoms with Gasteiger partial charge in [0.25, 0.3) is 0 Å². The Morgan fingerprint density at radius 2 is 1.94 bits per heavy atom. The van der Waals surface area contributed by atoms with Crippen molar-refractivity contribution in [3.8, 4) is 0 Å². The normalized spacial score (nSPS) is 29.6. The highest BCUT2D eigenvalue weighted by Crippen LogP contribution is 2.44. The van der Waals surface area contributed by atoms with Crippen LogP contribution in [0.3, 0.4) is 0 Å². The van der Waals surface area contributed by atoms with Crippen LogP contribution in [-0.2, 0) is 6.42 Å². The third-order valence-electron chi connectivity index (χ3n) is 3.44. The number of hydrogen-bond acceptors (Lipinski definition) is 0. The molecular formula is C13H15Cl3. The minimum Gasteiger partial charge on any atom is -0.123 e. The molecule has 1 fully saturated rings. The van der Waals surface area contributed by atoms with Gasteiger partial charge in [-0.1, -0.05) is 36.2 Å². The summed E-state index contributed by atoms with van der Waals surface area (Å²) >= 11 is 18.6. The van der Waals surface area contributed by atoms with Gasteiger partial charge < -0.3 is 0 Å². The van der Waals surface area contributed by atoms with Crippen molar-refractivity contribution in [2.75, 3.05) is 0 Å². The van der Waals surface area contributed by atoms with Crippen LogP contribution in [0.1, 0.15) is 31.7 Å². The first-order chi connectivity index (χ1) is 7.50. The van der Waals surface area contributed by atoms with Crippen molar-refractivity contribution in [1.29, 1.82) is 0 Å². The van der Waals surface area contributed by atoms with Crippen LogP contribution in [0.2, 0.25) is 10.0 Å². The molecule has 16 heavy (non-hydrogen) atoms. The lowest BCUT2D eigenvalue weighted by molar-refractivity contribution is 0.335. The topological polar surface area (TPSA) is 0 Å². The Labute approximate surface area is 112 Å². The minimum absolute atomic E-state index is 0.251. The molecule has 1 aromatic rings. The van der Waals surface area contributed by atoms with Gasteiger partial charge in [-0.05, 0) is 48.8 Å². The van der Waals surface area contributed by atoms with Crippen LogP contribution in [-0.4, -0.2) is 5.38 Å². The average molecular weight is 278 g/mol. The predicted octanol–water partition coefficient (Wildman–Crippen LogP) is 5.33. The van der Waals surface area contributed by atoms with Gasteiger partial charge in [0.1, 0.15) is 0 Å². The van der Waals surface area contributed by atoms with E-state index in [2.05, 4.69) is 6.92 Å². The molecule has 1 aromatic carbocycles. The number of alkyl halides is 1. The van der Waals surface area contributed by atoms with Gasteiger partial charge in [0, 0.05) is 15.4 Å². The standard InChI is InChI=1S/C13H15Cl3/c1-13(6-5-9(14)7-13)8-10-11(15)3-2-4-12(10)16/h2-4,9H,5-8H2,1H3. The lowest BCUT2D eigenvalue weighted by Crippen LogP contribution is -2.16. The van der Waals surface area contributed by atoms with Crippen LogP contribution in [0.15, 0.2) is 18.2 Å². The van der Waals surface area contributed by atoms with Gasteiger partial charge in [0.2, 0.25) is 0 Å². The van der Waals surface area contributed by atoms with Crippen molar-refractivity contribution in [2.24, 2.45) is 5.41 Å². The molecule has 0 amide bonds. The fourth-order valence-electron chi connectivity index (χ4n) is 2.53. The number of rotatable bonds is 2. The molecule has 0 N–H and O–H groups in total. The summed E-state index contributed by atoms with van der Waals surface area (Å²) in [6.07, 6.45) is 4.23. The van der Waals surface area contributed by atoms with Gasteiger partial charge >= 0.3 is 0 Å². The molecular weight excluding hydrogens is 263 g/mol. The van der Waals surface area contributed by atoms with Gasteiger partial charge in [0.05, 0.1) is 0 Å². The Kier molecular flexibility index (Phi) is 3.73. The lowest BCUT2D eigenvalue weighted by atomic mass is 9.82. The van der Waals surface area contributed by atoms with Crippen molar-refractivity contribution in [3.05, 3.63) is 33.8 Å². The first kappa shape index (κ1) is 12.5. The fourth-order valence-corrected chi connectivity index (χ4v) is 3.55. The van der Waals surface area contributed by atoms with E-state index in [1.165, 1.54) is 0 Å². The maximum atomic E-state index is 6.19. The number of halogens is 3. The Hall–Kier alpha value is 0.0900. The van der Waals surface area contributed by atoms with Crippen LogP contribution in [0, 0.1) is 5.41 Å². The molecule has 1 aliphatic carbocycles. The van der Waals surface area contributed by atoms with Crippen molar-refractivity contribution >= 4 is 34.8 Å². The van der Waals surface area contributed by atoms with Crippen molar-refractivity contribution in [2.45, 2.75) is 38.0 Å². The summed E-state index contributed by atoms with van der Waals surface area (Å²) in [7, 11) is 0. The second-order valence-electron chi connectivity index (χ2n) is 5.03. The molecule has 2 rings (SSSR count). The third kappa shape index (κ3) is 2.67. The predicted molar refractivity (Wildman–Crippen MR) is 71.8 cm³/mol. The summed E-state index contributed by atoms with van der Waals surface area (Å²) in [6, 6.07) is 5.69. The number of hydrogen-bond donors (Lipinski definition) is 0. The summed E-state index contributed by atoms with van der Waals surface area (Å²) in [4.78, 5) is 0. The van der Waals surface area contributed by atoms with E-state index in [1.54, 1.807) is 0 Å². The van der Waals surface area contributed by atoms with Crippen LogP contribution in [0.5, 0.6) is 0 Å². The zero-order chi connectivity index (χ0) is 11.8. The Balaban J connectivity index is 2.21. The van der Waals surface area contributed by atoms with Gasteiger partial charge in [-0.2, -0.15) is 0 Å². The molecule has 0 radical (unpaired) electrons. The SMILES string of the molecule is CC1(Cc2c(Cl)cccc2Cl)CCC(Cl)C1. The summed E-state index contributed by atoms with van der Waals surface area (Å²) in [5, 5.41) is 1.85. The molecule has 2 atom stereocenters. The van der Waals surface area contributed by atoms with E-state index >= 15 is 0 Å². The van der Waals surface area contributed by atoms with E-state index in [0.717, 1.165) is 41.3 Å². The van der Waals surface area contributed by atoms with Crippen LogP contribution in [0.25, 0.3) is 0 Å². The molecule has 0 saturated heterocycles.